The normalized spacial score (nSPS) is 25.5. The Bertz CT molecular complexity index is 749. The molecule has 0 saturated carbocycles. The molecule has 0 radical (unpaired) electrons. The Hall–Kier alpha value is -1.40. The molecule has 2 aliphatic heterocycles. The molecule has 1 unspecified atom stereocenters. The number of hydrogen-bond donors (Lipinski definition) is 1. The highest BCUT2D eigenvalue weighted by atomic mass is 32.2. The van der Waals surface area contributed by atoms with Gasteiger partial charge in [0.05, 0.1) is 5.69 Å². The number of benzene rings is 1. The van der Waals surface area contributed by atoms with Crippen molar-refractivity contribution in [2.45, 2.75) is 69.2 Å². The van der Waals surface area contributed by atoms with Crippen LogP contribution in [0, 0.1) is 0 Å². The van der Waals surface area contributed by atoms with Crippen LogP contribution in [-0.2, 0) is 0 Å². The largest absolute Gasteiger partial charge is 0.336 e. The zero-order valence-corrected chi connectivity index (χ0v) is 19.2. The Labute approximate surface area is 180 Å². The number of carbonyl (C=O) groups is 1. The third kappa shape index (κ3) is 3.74. The molecule has 1 fully saturated rings. The summed E-state index contributed by atoms with van der Waals surface area (Å²) >= 11 is 1.81. The highest BCUT2D eigenvalue weighted by molar-refractivity contribution is 7.98. The van der Waals surface area contributed by atoms with E-state index in [-0.39, 0.29) is 6.03 Å². The molecule has 29 heavy (non-hydrogen) atoms. The van der Waals surface area contributed by atoms with Crippen LogP contribution in [0.1, 0.15) is 69.4 Å². The fourth-order valence-electron chi connectivity index (χ4n) is 5.79. The summed E-state index contributed by atoms with van der Waals surface area (Å²) in [6, 6.07) is 5.42. The number of likely N-dealkylation sites (tertiary alicyclic amines) is 1. The van der Waals surface area contributed by atoms with Crippen LogP contribution in [0.3, 0.4) is 0 Å². The quantitative estimate of drug-likeness (QED) is 0.686. The molecule has 1 saturated heterocycles. The van der Waals surface area contributed by atoms with E-state index in [1.54, 1.807) is 5.56 Å². The Balaban J connectivity index is 1.68. The van der Waals surface area contributed by atoms with Gasteiger partial charge >= 0.3 is 6.03 Å². The fourth-order valence-corrected chi connectivity index (χ4v) is 6.26. The van der Waals surface area contributed by atoms with Crippen LogP contribution in [0.15, 0.2) is 17.0 Å². The van der Waals surface area contributed by atoms with Crippen molar-refractivity contribution in [2.24, 2.45) is 0 Å². The van der Waals surface area contributed by atoms with E-state index in [0.29, 0.717) is 17.9 Å². The number of urea groups is 1. The molecule has 1 N–H and O–H groups in total. The van der Waals surface area contributed by atoms with Gasteiger partial charge in [0.25, 0.3) is 0 Å². The topological polar surface area (TPSA) is 38.8 Å². The van der Waals surface area contributed by atoms with E-state index in [1.165, 1.54) is 54.9 Å². The van der Waals surface area contributed by atoms with Crippen molar-refractivity contribution in [2.75, 3.05) is 44.0 Å². The van der Waals surface area contributed by atoms with Crippen LogP contribution in [0.2, 0.25) is 0 Å². The number of rotatable bonds is 6. The van der Waals surface area contributed by atoms with Gasteiger partial charge in [0, 0.05) is 36.5 Å². The van der Waals surface area contributed by atoms with Crippen LogP contribution >= 0.6 is 11.8 Å². The number of hydrazine groups is 1. The predicted octanol–water partition coefficient (Wildman–Crippen LogP) is 4.64. The molecule has 160 valence electrons. The standard InChI is InChI=1S/C23H36N4OS/c1-5-10-26-11-8-9-18-19-13-17(29-4)14-21-22(19)16(12-20(18)26)15-27(21)24-23(28)25(6-2)7-3/h13-14,16,18,20H,5-12,15H2,1-4H3,(H,24,28)/t16?,18-,20-/m1/s1. The summed E-state index contributed by atoms with van der Waals surface area (Å²) in [5.41, 5.74) is 7.54. The Kier molecular flexibility index (Phi) is 6.30. The number of carbonyl (C=O) groups excluding carboxylic acids is 1. The molecule has 2 heterocycles. The third-order valence-electron chi connectivity index (χ3n) is 7.11. The van der Waals surface area contributed by atoms with E-state index in [2.05, 4.69) is 40.6 Å². The summed E-state index contributed by atoms with van der Waals surface area (Å²) in [5.74, 6) is 1.16. The van der Waals surface area contributed by atoms with Crippen molar-refractivity contribution >= 4 is 23.5 Å². The number of nitrogens with one attached hydrogen (secondary N) is 1. The smallest absolute Gasteiger partial charge is 0.324 e. The predicted molar refractivity (Wildman–Crippen MR) is 122 cm³/mol. The van der Waals surface area contributed by atoms with Gasteiger partial charge < -0.3 is 4.90 Å². The van der Waals surface area contributed by atoms with Gasteiger partial charge in [-0.3, -0.25) is 9.91 Å². The summed E-state index contributed by atoms with van der Waals surface area (Å²) in [7, 11) is 0. The summed E-state index contributed by atoms with van der Waals surface area (Å²) in [5, 5.41) is 2.14. The molecule has 1 aliphatic carbocycles. The monoisotopic (exact) mass is 416 g/mol. The molecule has 0 spiro atoms. The lowest BCUT2D eigenvalue weighted by molar-refractivity contribution is 0.106. The molecular weight excluding hydrogens is 380 g/mol. The summed E-state index contributed by atoms with van der Waals surface area (Å²) in [6.07, 6.45) is 7.20. The number of anilines is 1. The molecule has 3 aliphatic rings. The first-order valence-corrected chi connectivity index (χ1v) is 12.6. The number of hydrogen-bond acceptors (Lipinski definition) is 4. The van der Waals surface area contributed by atoms with Crippen molar-refractivity contribution in [3.63, 3.8) is 0 Å². The van der Waals surface area contributed by atoms with E-state index < -0.39 is 0 Å². The van der Waals surface area contributed by atoms with Gasteiger partial charge in [0.1, 0.15) is 0 Å². The van der Waals surface area contributed by atoms with Gasteiger partial charge in [-0.05, 0) is 88.1 Å². The van der Waals surface area contributed by atoms with Crippen LogP contribution in [-0.4, -0.2) is 60.9 Å². The SMILES string of the molecule is CCCN1CCC[C@@H]2c3cc(SC)cc4c3C(C[C@H]21)CN4NC(=O)N(CC)CC. The average molecular weight is 417 g/mol. The highest BCUT2D eigenvalue weighted by Crippen LogP contribution is 2.52. The van der Waals surface area contributed by atoms with Crippen molar-refractivity contribution < 1.29 is 4.79 Å². The van der Waals surface area contributed by atoms with Crippen molar-refractivity contribution in [3.05, 3.63) is 23.3 Å². The summed E-state index contributed by atoms with van der Waals surface area (Å²) in [6.45, 7) is 11.2. The number of nitrogens with zero attached hydrogens (tertiary/aromatic N) is 3. The minimum absolute atomic E-state index is 0.0157. The fraction of sp³-hybridized carbons (Fsp3) is 0.696. The summed E-state index contributed by atoms with van der Waals surface area (Å²) in [4.78, 5) is 18.7. The molecule has 1 aromatic rings. The van der Waals surface area contributed by atoms with E-state index >= 15 is 0 Å². The molecule has 2 amide bonds. The molecule has 0 bridgehead atoms. The summed E-state index contributed by atoms with van der Waals surface area (Å²) < 4.78 is 0. The van der Waals surface area contributed by atoms with Crippen molar-refractivity contribution in [3.8, 4) is 0 Å². The Morgan fingerprint density at radius 1 is 1.28 bits per heavy atom. The van der Waals surface area contributed by atoms with E-state index in [1.807, 2.05) is 30.5 Å². The lowest BCUT2D eigenvalue weighted by atomic mass is 9.70. The van der Waals surface area contributed by atoms with Gasteiger partial charge in [0.15, 0.2) is 0 Å². The molecule has 0 aromatic heterocycles. The number of fused-ring (bicyclic) bond motifs is 2. The van der Waals surface area contributed by atoms with E-state index in [4.69, 9.17) is 0 Å². The van der Waals surface area contributed by atoms with Crippen LogP contribution in [0.25, 0.3) is 0 Å². The van der Waals surface area contributed by atoms with Gasteiger partial charge in [-0.1, -0.05) is 6.92 Å². The Morgan fingerprint density at radius 2 is 2.07 bits per heavy atom. The number of piperidine rings is 1. The third-order valence-corrected chi connectivity index (χ3v) is 7.82. The molecule has 1 aromatic carbocycles. The van der Waals surface area contributed by atoms with Crippen molar-refractivity contribution in [1.29, 1.82) is 0 Å². The zero-order chi connectivity index (χ0) is 20.5. The van der Waals surface area contributed by atoms with E-state index in [0.717, 1.165) is 19.6 Å². The molecule has 4 rings (SSSR count). The molecule has 5 nitrogen and oxygen atoms in total. The van der Waals surface area contributed by atoms with Gasteiger partial charge in [0.2, 0.25) is 0 Å². The van der Waals surface area contributed by atoms with Gasteiger partial charge in [-0.2, -0.15) is 0 Å². The maximum Gasteiger partial charge on any atom is 0.336 e. The van der Waals surface area contributed by atoms with Crippen molar-refractivity contribution in [1.82, 2.24) is 15.2 Å². The van der Waals surface area contributed by atoms with E-state index in [9.17, 15) is 4.79 Å². The maximum absolute atomic E-state index is 12.8. The second kappa shape index (κ2) is 8.76. The average Bonchev–Trinajstić information content (AvgIpc) is 3.07. The first kappa shape index (κ1) is 20.9. The molecule has 6 heteroatoms. The molecular formula is C23H36N4OS. The van der Waals surface area contributed by atoms with Gasteiger partial charge in [-0.25, -0.2) is 10.2 Å². The highest BCUT2D eigenvalue weighted by Gasteiger charge is 2.45. The van der Waals surface area contributed by atoms with Crippen LogP contribution in [0.4, 0.5) is 10.5 Å². The maximum atomic E-state index is 12.8. The first-order chi connectivity index (χ1) is 14.1. The van der Waals surface area contributed by atoms with Crippen LogP contribution in [0.5, 0.6) is 0 Å². The minimum Gasteiger partial charge on any atom is -0.324 e. The second-order valence-corrected chi connectivity index (χ2v) is 9.51. The zero-order valence-electron chi connectivity index (χ0n) is 18.4. The van der Waals surface area contributed by atoms with Crippen LogP contribution < -0.4 is 10.4 Å². The lowest BCUT2D eigenvalue weighted by Gasteiger charge is -2.46. The minimum atomic E-state index is 0.0157. The number of amides is 2. The lowest BCUT2D eigenvalue weighted by Crippen LogP contribution is -2.49. The molecule has 3 atom stereocenters. The Morgan fingerprint density at radius 3 is 2.76 bits per heavy atom. The first-order valence-electron chi connectivity index (χ1n) is 11.4. The van der Waals surface area contributed by atoms with Gasteiger partial charge in [-0.15, -0.1) is 11.8 Å². The number of thioether (sulfide) groups is 1. The second-order valence-electron chi connectivity index (χ2n) is 8.63.